The van der Waals surface area contributed by atoms with Crippen LogP contribution in [-0.4, -0.2) is 193 Å². The van der Waals surface area contributed by atoms with Crippen molar-refractivity contribution in [1.29, 1.82) is 0 Å². The van der Waals surface area contributed by atoms with E-state index in [0.29, 0.717) is 12.8 Å². The third-order valence-corrected chi connectivity index (χ3v) is 17.0. The Kier molecular flexibility index (Phi) is 43.9. The molecule has 3 aliphatic heterocycles. The largest absolute Gasteiger partial charge is 0.394 e. The lowest BCUT2D eigenvalue weighted by molar-refractivity contribution is -0.379. The van der Waals surface area contributed by atoms with Gasteiger partial charge in [-0.3, -0.25) is 4.79 Å². The second-order valence-corrected chi connectivity index (χ2v) is 24.3. The first kappa shape index (κ1) is 76.5. The van der Waals surface area contributed by atoms with Gasteiger partial charge >= 0.3 is 0 Å². The Bertz CT molecular complexity index is 1630. The number of ether oxygens (including phenoxy) is 6. The summed E-state index contributed by atoms with van der Waals surface area (Å²) >= 11 is 0. The highest BCUT2D eigenvalue weighted by atomic mass is 16.8. The molecule has 0 spiro atoms. The van der Waals surface area contributed by atoms with Crippen LogP contribution >= 0.6 is 0 Å². The van der Waals surface area contributed by atoms with Crippen LogP contribution in [0.4, 0.5) is 0 Å². The number of aliphatic hydroxyl groups excluding tert-OH is 11. The Labute approximate surface area is 505 Å². The molecule has 0 aromatic carbocycles. The molecule has 0 aliphatic carbocycles. The standard InChI is InChI=1S/C65H121NO18/c1-3-5-7-9-11-13-15-17-19-21-23-24-25-27-29-31-33-35-37-39-41-43-53(71)66-48(49(70)42-40-38-36-34-32-30-28-26-22-20-18-16-14-12-10-8-6-4-2)47-79-63-59(77)56(74)61(51(45-68)81-63)84-65-60(78)57(75)62(52(46-69)82-65)83-64-58(76)55(73)54(72)50(44-67)80-64/h32,34,40,42,48-52,54-65,67-70,72-78H,3-31,33,35-39,41,43-47H2,1-2H3,(H,66,71)/b34-32+,42-40+. The molecule has 0 bridgehead atoms. The lowest BCUT2D eigenvalue weighted by Gasteiger charge is -2.48. The maximum atomic E-state index is 13.4. The molecule has 0 radical (unpaired) electrons. The molecule has 12 N–H and O–H groups in total. The normalized spacial score (nSPS) is 29.3. The van der Waals surface area contributed by atoms with E-state index < -0.39 is 124 Å². The molecule has 17 unspecified atom stereocenters. The van der Waals surface area contributed by atoms with Crippen molar-refractivity contribution in [2.75, 3.05) is 26.4 Å². The smallest absolute Gasteiger partial charge is 0.220 e. The Balaban J connectivity index is 1.47. The van der Waals surface area contributed by atoms with E-state index in [1.807, 2.05) is 6.08 Å². The van der Waals surface area contributed by atoms with Gasteiger partial charge in [-0.2, -0.15) is 0 Å². The van der Waals surface area contributed by atoms with Crippen molar-refractivity contribution in [2.45, 2.75) is 356 Å². The molecule has 0 aromatic heterocycles. The maximum Gasteiger partial charge on any atom is 0.220 e. The fraction of sp³-hybridized carbons (Fsp3) is 0.923. The predicted octanol–water partition coefficient (Wildman–Crippen LogP) is 7.88. The summed E-state index contributed by atoms with van der Waals surface area (Å²) in [6.07, 6.45) is 25.8. The van der Waals surface area contributed by atoms with E-state index >= 15 is 0 Å². The van der Waals surface area contributed by atoms with Crippen LogP contribution < -0.4 is 5.32 Å². The van der Waals surface area contributed by atoms with Gasteiger partial charge < -0.3 is 89.9 Å². The van der Waals surface area contributed by atoms with Crippen molar-refractivity contribution in [3.8, 4) is 0 Å². The summed E-state index contributed by atoms with van der Waals surface area (Å²) in [6.45, 7) is 1.74. The summed E-state index contributed by atoms with van der Waals surface area (Å²) < 4.78 is 34.3. The van der Waals surface area contributed by atoms with E-state index in [1.165, 1.54) is 180 Å². The zero-order chi connectivity index (χ0) is 61.2. The molecule has 3 rings (SSSR count). The summed E-state index contributed by atoms with van der Waals surface area (Å²) in [4.78, 5) is 13.4. The van der Waals surface area contributed by atoms with Crippen molar-refractivity contribution in [3.63, 3.8) is 0 Å². The van der Waals surface area contributed by atoms with Crippen LogP contribution in [0.1, 0.15) is 251 Å². The van der Waals surface area contributed by atoms with Crippen molar-refractivity contribution < 1.29 is 89.4 Å². The van der Waals surface area contributed by atoms with Gasteiger partial charge in [0.25, 0.3) is 0 Å². The molecule has 19 nitrogen and oxygen atoms in total. The minimum absolute atomic E-state index is 0.240. The average molecular weight is 1200 g/mol. The quantitative estimate of drug-likeness (QED) is 0.0204. The van der Waals surface area contributed by atoms with Crippen LogP contribution in [0.25, 0.3) is 0 Å². The topological polar surface area (TPSA) is 307 Å². The van der Waals surface area contributed by atoms with Gasteiger partial charge in [0.15, 0.2) is 18.9 Å². The molecule has 3 heterocycles. The van der Waals surface area contributed by atoms with Crippen LogP contribution in [0.3, 0.4) is 0 Å². The van der Waals surface area contributed by atoms with E-state index in [0.717, 1.165) is 38.5 Å². The lowest BCUT2D eigenvalue weighted by atomic mass is 9.96. The Morgan fingerprint density at radius 3 is 1.19 bits per heavy atom. The number of hydrogen-bond donors (Lipinski definition) is 12. The number of allylic oxidation sites excluding steroid dienone is 3. The minimum atomic E-state index is -1.98. The van der Waals surface area contributed by atoms with E-state index in [9.17, 15) is 61.0 Å². The van der Waals surface area contributed by atoms with Gasteiger partial charge in [0.1, 0.15) is 73.2 Å². The number of amides is 1. The Morgan fingerprint density at radius 2 is 0.762 bits per heavy atom. The molecule has 3 fully saturated rings. The fourth-order valence-corrected chi connectivity index (χ4v) is 11.5. The molecule has 3 saturated heterocycles. The minimum Gasteiger partial charge on any atom is -0.394 e. The highest BCUT2D eigenvalue weighted by Crippen LogP contribution is 2.33. The zero-order valence-electron chi connectivity index (χ0n) is 51.9. The third kappa shape index (κ3) is 30.7. The van der Waals surface area contributed by atoms with Gasteiger partial charge in [0.05, 0.1) is 38.6 Å². The number of hydrogen-bond acceptors (Lipinski definition) is 18. The van der Waals surface area contributed by atoms with Crippen molar-refractivity contribution in [3.05, 3.63) is 24.3 Å². The highest BCUT2D eigenvalue weighted by molar-refractivity contribution is 5.76. The number of rotatable bonds is 51. The van der Waals surface area contributed by atoms with Gasteiger partial charge in [0.2, 0.25) is 5.91 Å². The SMILES string of the molecule is CCCCCCCCCCCCCC/C=C/CC/C=C/C(O)C(COC1OC(CO)C(OC2OC(CO)C(OC3OC(CO)C(O)C(O)C3O)C(O)C2O)C(O)C1O)NC(=O)CCCCCCCCCCCCCCCCCCCCCCC. The van der Waals surface area contributed by atoms with Crippen LogP contribution in [0.15, 0.2) is 24.3 Å². The zero-order valence-corrected chi connectivity index (χ0v) is 51.9. The molecular formula is C65H121NO18. The van der Waals surface area contributed by atoms with Gasteiger partial charge in [-0.25, -0.2) is 0 Å². The molecule has 3 aliphatic rings. The van der Waals surface area contributed by atoms with Crippen LogP contribution in [0, 0.1) is 0 Å². The Hall–Kier alpha value is -1.73. The van der Waals surface area contributed by atoms with Gasteiger partial charge in [-0.15, -0.1) is 0 Å². The lowest BCUT2D eigenvalue weighted by Crippen LogP contribution is -2.66. The molecule has 0 saturated carbocycles. The first-order chi connectivity index (χ1) is 40.8. The summed E-state index contributed by atoms with van der Waals surface area (Å²) in [5.74, 6) is -0.281. The van der Waals surface area contributed by atoms with Crippen molar-refractivity contribution in [2.24, 2.45) is 0 Å². The fourth-order valence-electron chi connectivity index (χ4n) is 11.5. The maximum absolute atomic E-state index is 13.4. The van der Waals surface area contributed by atoms with E-state index in [1.54, 1.807) is 6.08 Å². The number of carbonyl (C=O) groups excluding carboxylic acids is 1. The molecule has 494 valence electrons. The van der Waals surface area contributed by atoms with Crippen molar-refractivity contribution >= 4 is 5.91 Å². The number of aliphatic hydroxyl groups is 11. The third-order valence-electron chi connectivity index (χ3n) is 17.0. The van der Waals surface area contributed by atoms with E-state index in [2.05, 4.69) is 31.3 Å². The summed E-state index contributed by atoms with van der Waals surface area (Å²) in [5, 5.41) is 120. The monoisotopic (exact) mass is 1200 g/mol. The first-order valence-corrected chi connectivity index (χ1v) is 33.6. The van der Waals surface area contributed by atoms with Crippen molar-refractivity contribution in [1.82, 2.24) is 5.32 Å². The van der Waals surface area contributed by atoms with Crippen LogP contribution in [0.5, 0.6) is 0 Å². The molecule has 1 amide bonds. The van der Waals surface area contributed by atoms with Gasteiger partial charge in [0, 0.05) is 6.42 Å². The second-order valence-electron chi connectivity index (χ2n) is 24.3. The van der Waals surface area contributed by atoms with Gasteiger partial charge in [-0.05, 0) is 32.1 Å². The first-order valence-electron chi connectivity index (χ1n) is 33.6. The number of carbonyl (C=O) groups is 1. The summed E-state index contributed by atoms with van der Waals surface area (Å²) in [6, 6.07) is -0.986. The molecule has 0 aromatic rings. The predicted molar refractivity (Wildman–Crippen MR) is 323 cm³/mol. The number of unbranched alkanes of at least 4 members (excludes halogenated alkanes) is 33. The van der Waals surface area contributed by atoms with Crippen LogP contribution in [0.2, 0.25) is 0 Å². The average Bonchev–Trinajstić information content (AvgIpc) is 2.97. The molecular weight excluding hydrogens is 1080 g/mol. The van der Waals surface area contributed by atoms with Gasteiger partial charge in [-0.1, -0.05) is 237 Å². The second kappa shape index (κ2) is 48.2. The highest BCUT2D eigenvalue weighted by Gasteiger charge is 2.53. The molecule has 19 heteroatoms. The summed E-state index contributed by atoms with van der Waals surface area (Å²) in [5.41, 5.74) is 0. The number of nitrogens with one attached hydrogen (secondary N) is 1. The summed E-state index contributed by atoms with van der Waals surface area (Å²) in [7, 11) is 0. The van der Waals surface area contributed by atoms with Crippen LogP contribution in [-0.2, 0) is 33.2 Å². The Morgan fingerprint density at radius 1 is 0.417 bits per heavy atom. The van der Waals surface area contributed by atoms with E-state index in [-0.39, 0.29) is 18.9 Å². The molecule has 84 heavy (non-hydrogen) atoms. The molecule has 17 atom stereocenters. The van der Waals surface area contributed by atoms with E-state index in [4.69, 9.17) is 28.4 Å².